The van der Waals surface area contributed by atoms with Gasteiger partial charge in [-0.25, -0.2) is 4.68 Å². The lowest BCUT2D eigenvalue weighted by Gasteiger charge is -2.16. The van der Waals surface area contributed by atoms with E-state index in [0.717, 1.165) is 15.1 Å². The van der Waals surface area contributed by atoms with Gasteiger partial charge in [0.05, 0.1) is 10.3 Å². The van der Waals surface area contributed by atoms with E-state index in [9.17, 15) is 9.59 Å². The van der Waals surface area contributed by atoms with E-state index in [1.54, 1.807) is 23.3 Å². The molecular formula is C14H16BrN3O2S. The van der Waals surface area contributed by atoms with Gasteiger partial charge < -0.3 is 4.90 Å². The zero-order valence-corrected chi connectivity index (χ0v) is 14.3. The largest absolute Gasteiger partial charge is 0.335 e. The number of rotatable bonds is 5. The number of thiophene rings is 1. The number of aryl methyl sites for hydroxylation is 1. The zero-order chi connectivity index (χ0) is 15.4. The molecule has 0 spiro atoms. The fourth-order valence-electron chi connectivity index (χ4n) is 1.87. The molecule has 0 saturated carbocycles. The Bertz CT molecular complexity index is 696. The van der Waals surface area contributed by atoms with Crippen LogP contribution in [0.1, 0.15) is 28.7 Å². The minimum atomic E-state index is -0.190. The minimum absolute atomic E-state index is 0.182. The highest BCUT2D eigenvalue weighted by Crippen LogP contribution is 2.23. The van der Waals surface area contributed by atoms with Crippen molar-refractivity contribution in [1.82, 2.24) is 14.7 Å². The first-order chi connectivity index (χ1) is 10.0. The van der Waals surface area contributed by atoms with Crippen molar-refractivity contribution in [3.63, 3.8) is 0 Å². The summed E-state index contributed by atoms with van der Waals surface area (Å²) in [4.78, 5) is 26.7. The third-order valence-corrected chi connectivity index (χ3v) is 4.50. The van der Waals surface area contributed by atoms with E-state index in [2.05, 4.69) is 21.0 Å². The minimum Gasteiger partial charge on any atom is -0.335 e. The molecule has 0 aliphatic heterocycles. The van der Waals surface area contributed by atoms with Crippen LogP contribution in [0, 0.1) is 0 Å². The molecule has 2 rings (SSSR count). The fraction of sp³-hybridized carbons (Fsp3) is 0.357. The van der Waals surface area contributed by atoms with E-state index < -0.39 is 0 Å². The molecule has 2 aromatic rings. The van der Waals surface area contributed by atoms with Gasteiger partial charge in [0.1, 0.15) is 5.69 Å². The molecule has 21 heavy (non-hydrogen) atoms. The highest BCUT2D eigenvalue weighted by atomic mass is 79.9. The monoisotopic (exact) mass is 369 g/mol. The first-order valence-corrected chi connectivity index (χ1v) is 8.20. The van der Waals surface area contributed by atoms with E-state index in [1.807, 2.05) is 19.1 Å². The Hall–Kier alpha value is -1.47. The topological polar surface area (TPSA) is 55.2 Å². The fourth-order valence-corrected chi connectivity index (χ4v) is 3.41. The van der Waals surface area contributed by atoms with Crippen molar-refractivity contribution in [2.75, 3.05) is 7.05 Å². The van der Waals surface area contributed by atoms with Crippen LogP contribution in [-0.2, 0) is 13.1 Å². The number of amides is 1. The van der Waals surface area contributed by atoms with Gasteiger partial charge in [-0.3, -0.25) is 9.59 Å². The summed E-state index contributed by atoms with van der Waals surface area (Å²) >= 11 is 4.99. The van der Waals surface area contributed by atoms with Crippen LogP contribution in [0.4, 0.5) is 0 Å². The summed E-state index contributed by atoms with van der Waals surface area (Å²) in [6.45, 7) is 2.99. The van der Waals surface area contributed by atoms with Gasteiger partial charge >= 0.3 is 0 Å². The Labute approximate surface area is 135 Å². The molecule has 2 aromatic heterocycles. The average molecular weight is 370 g/mol. The summed E-state index contributed by atoms with van der Waals surface area (Å²) in [5.41, 5.74) is 0.111. The van der Waals surface area contributed by atoms with Gasteiger partial charge in [-0.05, 0) is 40.5 Å². The van der Waals surface area contributed by atoms with Crippen molar-refractivity contribution in [2.45, 2.75) is 26.4 Å². The van der Waals surface area contributed by atoms with Crippen LogP contribution < -0.4 is 5.56 Å². The normalized spacial score (nSPS) is 10.6. The number of aromatic nitrogens is 2. The lowest BCUT2D eigenvalue weighted by atomic mass is 10.3. The SMILES string of the molecule is CCCn1nc(C(=O)N(C)Cc2ccc(Br)s2)ccc1=O. The molecule has 0 atom stereocenters. The van der Waals surface area contributed by atoms with Gasteiger partial charge in [-0.15, -0.1) is 11.3 Å². The summed E-state index contributed by atoms with van der Waals surface area (Å²) in [6.07, 6.45) is 0.795. The summed E-state index contributed by atoms with van der Waals surface area (Å²) in [5.74, 6) is -0.190. The summed E-state index contributed by atoms with van der Waals surface area (Å²) in [5, 5.41) is 4.14. The van der Waals surface area contributed by atoms with E-state index in [4.69, 9.17) is 0 Å². The molecule has 0 unspecified atom stereocenters. The lowest BCUT2D eigenvalue weighted by Crippen LogP contribution is -2.30. The van der Waals surface area contributed by atoms with Gasteiger partial charge in [0.25, 0.3) is 11.5 Å². The van der Waals surface area contributed by atoms with Crippen LogP contribution in [0.25, 0.3) is 0 Å². The van der Waals surface area contributed by atoms with Crippen LogP contribution >= 0.6 is 27.3 Å². The van der Waals surface area contributed by atoms with Crippen LogP contribution in [0.3, 0.4) is 0 Å². The maximum absolute atomic E-state index is 12.4. The average Bonchev–Trinajstić information content (AvgIpc) is 2.86. The van der Waals surface area contributed by atoms with Crippen molar-refractivity contribution in [2.24, 2.45) is 0 Å². The molecular weight excluding hydrogens is 354 g/mol. The number of hydrogen-bond acceptors (Lipinski definition) is 4. The molecule has 5 nitrogen and oxygen atoms in total. The predicted octanol–water partition coefficient (Wildman–Crippen LogP) is 2.75. The van der Waals surface area contributed by atoms with Crippen LogP contribution in [-0.4, -0.2) is 27.6 Å². The molecule has 112 valence electrons. The molecule has 7 heteroatoms. The third-order valence-electron chi connectivity index (χ3n) is 2.89. The summed E-state index contributed by atoms with van der Waals surface area (Å²) < 4.78 is 2.37. The number of carbonyl (C=O) groups is 1. The molecule has 2 heterocycles. The lowest BCUT2D eigenvalue weighted by molar-refractivity contribution is 0.0777. The molecule has 0 aliphatic rings. The van der Waals surface area contributed by atoms with E-state index in [-0.39, 0.29) is 11.5 Å². The molecule has 0 radical (unpaired) electrons. The summed E-state index contributed by atoms with van der Waals surface area (Å²) in [7, 11) is 1.73. The van der Waals surface area contributed by atoms with Gasteiger partial charge in [-0.2, -0.15) is 5.10 Å². The van der Waals surface area contributed by atoms with Gasteiger partial charge in [0.2, 0.25) is 0 Å². The van der Waals surface area contributed by atoms with Crippen LogP contribution in [0.15, 0.2) is 32.8 Å². The van der Waals surface area contributed by atoms with E-state index in [1.165, 1.54) is 16.8 Å². The number of hydrogen-bond donors (Lipinski definition) is 0. The van der Waals surface area contributed by atoms with E-state index in [0.29, 0.717) is 18.8 Å². The zero-order valence-electron chi connectivity index (χ0n) is 11.9. The summed E-state index contributed by atoms with van der Waals surface area (Å²) in [6, 6.07) is 6.81. The molecule has 0 fully saturated rings. The van der Waals surface area contributed by atoms with Gasteiger partial charge in [0.15, 0.2) is 0 Å². The molecule has 0 saturated heterocycles. The number of nitrogens with zero attached hydrogens (tertiary/aromatic N) is 3. The standard InChI is InChI=1S/C14H16BrN3O2S/c1-3-8-18-13(19)7-5-11(16-18)14(20)17(2)9-10-4-6-12(15)21-10/h4-7H,3,8-9H2,1-2H3. The Morgan fingerprint density at radius 2 is 2.14 bits per heavy atom. The van der Waals surface area contributed by atoms with Crippen molar-refractivity contribution >= 4 is 33.2 Å². The van der Waals surface area contributed by atoms with Crippen molar-refractivity contribution in [3.8, 4) is 0 Å². The van der Waals surface area contributed by atoms with Crippen molar-refractivity contribution in [3.05, 3.63) is 49.0 Å². The molecule has 0 aromatic carbocycles. The highest BCUT2D eigenvalue weighted by Gasteiger charge is 2.15. The maximum Gasteiger partial charge on any atom is 0.274 e. The second-order valence-corrected chi connectivity index (χ2v) is 7.19. The Kier molecular flexibility index (Phi) is 5.30. The molecule has 0 N–H and O–H groups in total. The van der Waals surface area contributed by atoms with Crippen LogP contribution in [0.2, 0.25) is 0 Å². The van der Waals surface area contributed by atoms with Crippen molar-refractivity contribution < 1.29 is 4.79 Å². The van der Waals surface area contributed by atoms with Gasteiger partial charge in [0, 0.05) is 24.5 Å². The second-order valence-electron chi connectivity index (χ2n) is 4.65. The maximum atomic E-state index is 12.4. The third kappa shape index (κ3) is 4.01. The van der Waals surface area contributed by atoms with Crippen molar-refractivity contribution in [1.29, 1.82) is 0 Å². The van der Waals surface area contributed by atoms with E-state index >= 15 is 0 Å². The Balaban J connectivity index is 2.15. The first kappa shape index (κ1) is 15.9. The molecule has 0 bridgehead atoms. The van der Waals surface area contributed by atoms with Crippen LogP contribution in [0.5, 0.6) is 0 Å². The Morgan fingerprint density at radius 1 is 1.38 bits per heavy atom. The quantitative estimate of drug-likeness (QED) is 0.813. The molecule has 0 aliphatic carbocycles. The predicted molar refractivity (Wildman–Crippen MR) is 86.6 cm³/mol. The smallest absolute Gasteiger partial charge is 0.274 e. The number of halogens is 1. The molecule has 1 amide bonds. The first-order valence-electron chi connectivity index (χ1n) is 6.59. The van der Waals surface area contributed by atoms with Gasteiger partial charge in [-0.1, -0.05) is 6.92 Å². The highest BCUT2D eigenvalue weighted by molar-refractivity contribution is 9.11. The Morgan fingerprint density at radius 3 is 2.76 bits per heavy atom. The second kappa shape index (κ2) is 7.00. The number of carbonyl (C=O) groups excluding carboxylic acids is 1.